The van der Waals surface area contributed by atoms with Crippen LogP contribution in [0.1, 0.15) is 52.4 Å². The monoisotopic (exact) mass is 292 g/mol. The lowest BCUT2D eigenvalue weighted by Gasteiger charge is -2.30. The van der Waals surface area contributed by atoms with Crippen LogP contribution in [0.2, 0.25) is 0 Å². The number of carbonyl (C=O) groups excluding carboxylic acids is 1. The number of hydrogen-bond donors (Lipinski definition) is 0. The molecule has 0 bridgehead atoms. The van der Waals surface area contributed by atoms with Crippen molar-refractivity contribution in [3.8, 4) is 0 Å². The van der Waals surface area contributed by atoms with E-state index in [9.17, 15) is 4.79 Å². The number of carbonyl (C=O) groups is 1. The Hall–Kier alpha value is -0.760. The highest BCUT2D eigenvalue weighted by Gasteiger charge is 2.24. The quantitative estimate of drug-likeness (QED) is 0.247. The molecule has 1 aliphatic heterocycles. The molecule has 20 heavy (non-hydrogen) atoms. The van der Waals surface area contributed by atoms with Crippen molar-refractivity contribution in [1.82, 2.24) is 0 Å². The Bertz CT molecular complexity index is 343. The van der Waals surface area contributed by atoms with Gasteiger partial charge < -0.3 is 4.79 Å². The summed E-state index contributed by atoms with van der Waals surface area (Å²) < 4.78 is 0. The first kappa shape index (κ1) is 17.3. The number of unbranched alkanes of at least 4 members (excludes halogenated alkanes) is 2. The number of rotatable bonds is 9. The van der Waals surface area contributed by atoms with E-state index in [4.69, 9.17) is 0 Å². The lowest BCUT2D eigenvalue weighted by atomic mass is 9.93. The van der Waals surface area contributed by atoms with Crippen molar-refractivity contribution >= 4 is 18.0 Å². The summed E-state index contributed by atoms with van der Waals surface area (Å²) in [7, 11) is 0. The maximum absolute atomic E-state index is 10.4. The van der Waals surface area contributed by atoms with Gasteiger partial charge in [-0.2, -0.15) is 11.8 Å². The molecule has 1 aliphatic rings. The highest BCUT2D eigenvalue weighted by Crippen LogP contribution is 2.36. The van der Waals surface area contributed by atoms with Gasteiger partial charge in [-0.3, -0.25) is 0 Å². The average Bonchev–Trinajstić information content (AvgIpc) is 2.45. The van der Waals surface area contributed by atoms with E-state index in [1.165, 1.54) is 19.3 Å². The molecule has 112 valence electrons. The zero-order valence-electron chi connectivity index (χ0n) is 12.8. The Kier molecular flexibility index (Phi) is 9.48. The normalized spacial score (nSPS) is 26.6. The SMILES string of the molecule is C/C=C/C=C/CCCC1SC(C)C=CC1CCCC=O. The van der Waals surface area contributed by atoms with Crippen molar-refractivity contribution in [1.29, 1.82) is 0 Å². The maximum Gasteiger partial charge on any atom is 0.119 e. The third-order valence-electron chi connectivity index (χ3n) is 3.65. The summed E-state index contributed by atoms with van der Waals surface area (Å²) in [5.41, 5.74) is 0. The molecule has 0 spiro atoms. The maximum atomic E-state index is 10.4. The van der Waals surface area contributed by atoms with Crippen molar-refractivity contribution in [2.45, 2.75) is 62.9 Å². The fraction of sp³-hybridized carbons (Fsp3) is 0.611. The van der Waals surface area contributed by atoms with Gasteiger partial charge >= 0.3 is 0 Å². The van der Waals surface area contributed by atoms with E-state index in [1.807, 2.05) is 6.92 Å². The van der Waals surface area contributed by atoms with Gasteiger partial charge in [0.25, 0.3) is 0 Å². The van der Waals surface area contributed by atoms with E-state index in [1.54, 1.807) is 0 Å². The molecule has 1 heterocycles. The van der Waals surface area contributed by atoms with Gasteiger partial charge in [0.2, 0.25) is 0 Å². The Labute approximate surface area is 128 Å². The minimum atomic E-state index is 0.640. The predicted octanol–water partition coefficient (Wildman–Crippen LogP) is 5.33. The lowest BCUT2D eigenvalue weighted by molar-refractivity contribution is -0.107. The van der Waals surface area contributed by atoms with Crippen LogP contribution in [-0.2, 0) is 4.79 Å². The smallest absolute Gasteiger partial charge is 0.119 e. The molecule has 3 atom stereocenters. The first-order valence-corrected chi connectivity index (χ1v) is 8.77. The average molecular weight is 292 g/mol. The van der Waals surface area contributed by atoms with Crippen LogP contribution in [0.25, 0.3) is 0 Å². The Morgan fingerprint density at radius 2 is 1.90 bits per heavy atom. The molecule has 0 aromatic rings. The Morgan fingerprint density at radius 3 is 2.65 bits per heavy atom. The zero-order chi connectivity index (χ0) is 14.6. The summed E-state index contributed by atoms with van der Waals surface area (Å²) in [5.74, 6) is 0.663. The molecule has 0 saturated carbocycles. The molecule has 0 aliphatic carbocycles. The number of aldehydes is 1. The van der Waals surface area contributed by atoms with Crippen molar-refractivity contribution in [3.05, 3.63) is 36.5 Å². The van der Waals surface area contributed by atoms with Gasteiger partial charge in [0, 0.05) is 16.9 Å². The van der Waals surface area contributed by atoms with Crippen molar-refractivity contribution in [2.24, 2.45) is 5.92 Å². The van der Waals surface area contributed by atoms with E-state index in [2.05, 4.69) is 55.1 Å². The van der Waals surface area contributed by atoms with Crippen LogP contribution in [0.5, 0.6) is 0 Å². The minimum Gasteiger partial charge on any atom is -0.303 e. The van der Waals surface area contributed by atoms with Gasteiger partial charge in [-0.15, -0.1) is 0 Å². The first-order valence-electron chi connectivity index (χ1n) is 7.83. The molecule has 0 radical (unpaired) electrons. The van der Waals surface area contributed by atoms with Crippen molar-refractivity contribution in [3.63, 3.8) is 0 Å². The summed E-state index contributed by atoms with van der Waals surface area (Å²) >= 11 is 2.11. The highest BCUT2D eigenvalue weighted by atomic mass is 32.2. The molecule has 3 unspecified atom stereocenters. The second-order valence-electron chi connectivity index (χ2n) is 5.41. The van der Waals surface area contributed by atoms with E-state index >= 15 is 0 Å². The van der Waals surface area contributed by atoms with E-state index < -0.39 is 0 Å². The Balaban J connectivity index is 2.34. The summed E-state index contributed by atoms with van der Waals surface area (Å²) in [5, 5.41) is 1.37. The topological polar surface area (TPSA) is 17.1 Å². The van der Waals surface area contributed by atoms with Crippen molar-refractivity contribution in [2.75, 3.05) is 0 Å². The standard InChI is InChI=1S/C18H28OS/c1-3-4-5-6-7-8-12-18-17(11-9-10-15-19)14-13-16(2)20-18/h3-6,13-18H,7-12H2,1-2H3/b4-3+,6-5+. The molecule has 0 aromatic carbocycles. The third-order valence-corrected chi connectivity index (χ3v) is 5.18. The van der Waals surface area contributed by atoms with Crippen LogP contribution >= 0.6 is 11.8 Å². The molecular weight excluding hydrogens is 264 g/mol. The highest BCUT2D eigenvalue weighted by molar-refractivity contribution is 8.00. The van der Waals surface area contributed by atoms with Crippen LogP contribution in [0.4, 0.5) is 0 Å². The summed E-state index contributed by atoms with van der Waals surface area (Å²) in [4.78, 5) is 10.4. The van der Waals surface area contributed by atoms with E-state index in [0.29, 0.717) is 17.6 Å². The van der Waals surface area contributed by atoms with Crippen LogP contribution in [0.3, 0.4) is 0 Å². The van der Waals surface area contributed by atoms with Crippen LogP contribution in [-0.4, -0.2) is 16.8 Å². The van der Waals surface area contributed by atoms with Gasteiger partial charge in [-0.05, 0) is 51.9 Å². The lowest BCUT2D eigenvalue weighted by Crippen LogP contribution is -2.22. The number of hydrogen-bond acceptors (Lipinski definition) is 2. The molecule has 2 heteroatoms. The number of allylic oxidation sites excluding steroid dienone is 5. The molecule has 0 fully saturated rings. The van der Waals surface area contributed by atoms with Gasteiger partial charge in [0.1, 0.15) is 6.29 Å². The third kappa shape index (κ3) is 7.14. The van der Waals surface area contributed by atoms with Gasteiger partial charge in [0.05, 0.1) is 0 Å². The second kappa shape index (κ2) is 11.0. The van der Waals surface area contributed by atoms with E-state index in [-0.39, 0.29) is 0 Å². The largest absolute Gasteiger partial charge is 0.303 e. The fourth-order valence-electron chi connectivity index (χ4n) is 2.57. The van der Waals surface area contributed by atoms with Crippen LogP contribution in [0.15, 0.2) is 36.5 Å². The van der Waals surface area contributed by atoms with Gasteiger partial charge in [0.15, 0.2) is 0 Å². The van der Waals surface area contributed by atoms with Crippen LogP contribution in [0, 0.1) is 5.92 Å². The minimum absolute atomic E-state index is 0.640. The zero-order valence-corrected chi connectivity index (χ0v) is 13.6. The summed E-state index contributed by atoms with van der Waals surface area (Å²) in [6.45, 7) is 4.32. The molecular formula is C18H28OS. The second-order valence-corrected chi connectivity index (χ2v) is 7.03. The molecule has 0 N–H and O–H groups in total. The summed E-state index contributed by atoms with van der Waals surface area (Å²) in [6, 6.07) is 0. The van der Waals surface area contributed by atoms with Gasteiger partial charge in [-0.1, -0.05) is 36.5 Å². The first-order chi connectivity index (χ1) is 9.77. The molecule has 0 aromatic heterocycles. The predicted molar refractivity (Wildman–Crippen MR) is 91.2 cm³/mol. The molecule has 1 rings (SSSR count). The van der Waals surface area contributed by atoms with Crippen molar-refractivity contribution < 1.29 is 4.79 Å². The van der Waals surface area contributed by atoms with Crippen LogP contribution < -0.4 is 0 Å². The van der Waals surface area contributed by atoms with E-state index in [0.717, 1.165) is 24.4 Å². The number of thioether (sulfide) groups is 1. The summed E-state index contributed by atoms with van der Waals surface area (Å²) in [6.07, 6.45) is 20.9. The Morgan fingerprint density at radius 1 is 1.10 bits per heavy atom. The molecule has 0 amide bonds. The fourth-order valence-corrected chi connectivity index (χ4v) is 4.03. The molecule has 1 nitrogen and oxygen atoms in total. The van der Waals surface area contributed by atoms with Gasteiger partial charge in [-0.25, -0.2) is 0 Å². The molecule has 0 saturated heterocycles.